The fraction of sp³-hybridized carbons (Fsp3) is 0.917. The van der Waals surface area contributed by atoms with Crippen LogP contribution < -0.4 is 0 Å². The molecule has 2 aliphatic heterocycles. The zero-order valence-corrected chi connectivity index (χ0v) is 9.58. The van der Waals surface area contributed by atoms with Crippen molar-refractivity contribution in [3.05, 3.63) is 0 Å². The monoisotopic (exact) mass is 211 g/mol. The molecule has 0 radical (unpaired) electrons. The number of hydrogen-bond donors (Lipinski definition) is 0. The molecule has 2 aliphatic rings. The second-order valence-corrected chi connectivity index (χ2v) is 4.72. The minimum atomic E-state index is 0.278. The molecule has 2 unspecified atom stereocenters. The van der Waals surface area contributed by atoms with Gasteiger partial charge in [0.05, 0.1) is 6.10 Å². The molecule has 2 fully saturated rings. The van der Waals surface area contributed by atoms with Crippen LogP contribution in [-0.4, -0.2) is 43.0 Å². The third-order valence-corrected chi connectivity index (χ3v) is 3.59. The lowest BCUT2D eigenvalue weighted by atomic mass is 9.94. The number of likely N-dealkylation sites (tertiary alicyclic amines) is 1. The summed E-state index contributed by atoms with van der Waals surface area (Å²) in [5.41, 5.74) is 0. The van der Waals surface area contributed by atoms with Gasteiger partial charge in [-0.15, -0.1) is 0 Å². The maximum atomic E-state index is 11.6. The number of piperidine rings is 1. The van der Waals surface area contributed by atoms with E-state index >= 15 is 0 Å². The largest absolute Gasteiger partial charge is 0.377 e. The Morgan fingerprint density at radius 3 is 3.07 bits per heavy atom. The van der Waals surface area contributed by atoms with Gasteiger partial charge >= 0.3 is 0 Å². The van der Waals surface area contributed by atoms with Crippen LogP contribution >= 0.6 is 0 Å². The highest BCUT2D eigenvalue weighted by molar-refractivity contribution is 5.82. The standard InChI is InChI=1S/C12H21NO2/c1-2-10-8-13(6-5-12(10)14)9-11-4-3-7-15-11/h10-11H,2-9H2,1H3. The highest BCUT2D eigenvalue weighted by Crippen LogP contribution is 2.19. The van der Waals surface area contributed by atoms with Crippen LogP contribution in [0.2, 0.25) is 0 Å². The van der Waals surface area contributed by atoms with Crippen molar-refractivity contribution in [1.82, 2.24) is 4.90 Å². The Balaban J connectivity index is 1.80. The van der Waals surface area contributed by atoms with E-state index in [2.05, 4.69) is 11.8 Å². The van der Waals surface area contributed by atoms with Gasteiger partial charge in [0.15, 0.2) is 0 Å². The molecule has 86 valence electrons. The van der Waals surface area contributed by atoms with Gasteiger partial charge in [-0.2, -0.15) is 0 Å². The van der Waals surface area contributed by atoms with Gasteiger partial charge in [-0.3, -0.25) is 9.69 Å². The van der Waals surface area contributed by atoms with Gasteiger partial charge < -0.3 is 4.74 Å². The van der Waals surface area contributed by atoms with Crippen molar-refractivity contribution in [2.75, 3.05) is 26.2 Å². The summed E-state index contributed by atoms with van der Waals surface area (Å²) in [4.78, 5) is 14.0. The highest BCUT2D eigenvalue weighted by atomic mass is 16.5. The Bertz CT molecular complexity index is 224. The summed E-state index contributed by atoms with van der Waals surface area (Å²) in [6, 6.07) is 0. The van der Waals surface area contributed by atoms with Crippen molar-refractivity contribution in [2.45, 2.75) is 38.7 Å². The van der Waals surface area contributed by atoms with Crippen LogP contribution in [0.3, 0.4) is 0 Å². The summed E-state index contributed by atoms with van der Waals surface area (Å²) >= 11 is 0. The normalized spacial score (nSPS) is 33.5. The zero-order chi connectivity index (χ0) is 10.7. The molecule has 2 heterocycles. The maximum Gasteiger partial charge on any atom is 0.138 e. The van der Waals surface area contributed by atoms with E-state index in [4.69, 9.17) is 4.74 Å². The van der Waals surface area contributed by atoms with E-state index in [1.807, 2.05) is 0 Å². The minimum absolute atomic E-state index is 0.278. The van der Waals surface area contributed by atoms with E-state index in [0.717, 1.165) is 39.1 Å². The predicted octanol–water partition coefficient (Wildman–Crippen LogP) is 1.47. The van der Waals surface area contributed by atoms with Gasteiger partial charge in [-0.1, -0.05) is 6.92 Å². The van der Waals surface area contributed by atoms with E-state index in [1.165, 1.54) is 12.8 Å². The van der Waals surface area contributed by atoms with Crippen LogP contribution in [0.15, 0.2) is 0 Å². The molecule has 2 rings (SSSR count). The van der Waals surface area contributed by atoms with Crippen LogP contribution in [0.25, 0.3) is 0 Å². The number of carbonyl (C=O) groups excluding carboxylic acids is 1. The Labute approximate surface area is 91.8 Å². The fourth-order valence-corrected chi connectivity index (χ4v) is 2.58. The van der Waals surface area contributed by atoms with Crippen molar-refractivity contribution < 1.29 is 9.53 Å². The lowest BCUT2D eigenvalue weighted by Crippen LogP contribution is -2.43. The first-order valence-corrected chi connectivity index (χ1v) is 6.16. The molecule has 3 heteroatoms. The first kappa shape index (κ1) is 11.1. The van der Waals surface area contributed by atoms with Gasteiger partial charge in [0.25, 0.3) is 0 Å². The lowest BCUT2D eigenvalue weighted by Gasteiger charge is -2.32. The highest BCUT2D eigenvalue weighted by Gasteiger charge is 2.28. The summed E-state index contributed by atoms with van der Waals surface area (Å²) in [5, 5.41) is 0. The van der Waals surface area contributed by atoms with Crippen LogP contribution in [0.4, 0.5) is 0 Å². The number of rotatable bonds is 3. The second kappa shape index (κ2) is 5.08. The van der Waals surface area contributed by atoms with Crippen molar-refractivity contribution in [3.63, 3.8) is 0 Å². The molecule has 2 saturated heterocycles. The molecule has 3 nitrogen and oxygen atoms in total. The number of ketones is 1. The molecule has 0 amide bonds. The molecule has 0 saturated carbocycles. The molecule has 0 aromatic heterocycles. The van der Waals surface area contributed by atoms with E-state index < -0.39 is 0 Å². The molecule has 2 atom stereocenters. The number of carbonyl (C=O) groups is 1. The Morgan fingerprint density at radius 2 is 2.40 bits per heavy atom. The predicted molar refractivity (Wildman–Crippen MR) is 58.8 cm³/mol. The van der Waals surface area contributed by atoms with Crippen molar-refractivity contribution >= 4 is 5.78 Å². The van der Waals surface area contributed by atoms with Gasteiger partial charge in [0.2, 0.25) is 0 Å². The SMILES string of the molecule is CCC1CN(CC2CCCO2)CCC1=O. The van der Waals surface area contributed by atoms with Gasteiger partial charge in [-0.05, 0) is 19.3 Å². The average Bonchev–Trinajstić information content (AvgIpc) is 2.73. The van der Waals surface area contributed by atoms with E-state index in [0.29, 0.717) is 11.9 Å². The van der Waals surface area contributed by atoms with Crippen molar-refractivity contribution in [1.29, 1.82) is 0 Å². The lowest BCUT2D eigenvalue weighted by molar-refractivity contribution is -0.126. The van der Waals surface area contributed by atoms with Crippen molar-refractivity contribution in [2.24, 2.45) is 5.92 Å². The summed E-state index contributed by atoms with van der Waals surface area (Å²) in [7, 11) is 0. The molecule has 0 spiro atoms. The van der Waals surface area contributed by atoms with Crippen LogP contribution in [0.1, 0.15) is 32.6 Å². The second-order valence-electron chi connectivity index (χ2n) is 4.72. The van der Waals surface area contributed by atoms with E-state index in [1.54, 1.807) is 0 Å². The first-order valence-electron chi connectivity index (χ1n) is 6.16. The summed E-state index contributed by atoms with van der Waals surface area (Å²) < 4.78 is 5.62. The first-order chi connectivity index (χ1) is 7.29. The number of hydrogen-bond acceptors (Lipinski definition) is 3. The average molecular weight is 211 g/mol. The summed E-state index contributed by atoms with van der Waals surface area (Å²) in [6.07, 6.45) is 4.55. The summed E-state index contributed by atoms with van der Waals surface area (Å²) in [6.45, 7) is 5.96. The number of nitrogens with zero attached hydrogens (tertiary/aromatic N) is 1. The Morgan fingerprint density at radius 1 is 1.53 bits per heavy atom. The van der Waals surface area contributed by atoms with Gasteiger partial charge in [0.1, 0.15) is 5.78 Å². The molecule has 0 aromatic carbocycles. The van der Waals surface area contributed by atoms with Crippen LogP contribution in [0, 0.1) is 5.92 Å². The molecule has 0 aromatic rings. The molecule has 0 bridgehead atoms. The third kappa shape index (κ3) is 2.79. The summed E-state index contributed by atoms with van der Waals surface area (Å²) in [5.74, 6) is 0.737. The Hall–Kier alpha value is -0.410. The molecule has 0 aliphatic carbocycles. The zero-order valence-electron chi connectivity index (χ0n) is 9.58. The van der Waals surface area contributed by atoms with E-state index in [9.17, 15) is 4.79 Å². The topological polar surface area (TPSA) is 29.5 Å². The van der Waals surface area contributed by atoms with Crippen LogP contribution in [-0.2, 0) is 9.53 Å². The minimum Gasteiger partial charge on any atom is -0.377 e. The van der Waals surface area contributed by atoms with Crippen molar-refractivity contribution in [3.8, 4) is 0 Å². The smallest absolute Gasteiger partial charge is 0.138 e. The Kier molecular flexibility index (Phi) is 3.76. The van der Waals surface area contributed by atoms with E-state index in [-0.39, 0.29) is 5.92 Å². The number of ether oxygens (including phenoxy) is 1. The van der Waals surface area contributed by atoms with Crippen LogP contribution in [0.5, 0.6) is 0 Å². The molecular weight excluding hydrogens is 190 g/mol. The fourth-order valence-electron chi connectivity index (χ4n) is 2.58. The van der Waals surface area contributed by atoms with Gasteiger partial charge in [-0.25, -0.2) is 0 Å². The van der Waals surface area contributed by atoms with Gasteiger partial charge in [0, 0.05) is 38.6 Å². The molecular formula is C12H21NO2. The quantitative estimate of drug-likeness (QED) is 0.708. The number of Topliss-reactive ketones (excluding diaryl/α,β-unsaturated/α-hetero) is 1. The third-order valence-electron chi connectivity index (χ3n) is 3.59. The maximum absolute atomic E-state index is 11.6. The molecule has 0 N–H and O–H groups in total. The molecule has 15 heavy (non-hydrogen) atoms.